The van der Waals surface area contributed by atoms with E-state index in [1.807, 2.05) is 24.3 Å². The van der Waals surface area contributed by atoms with Crippen LogP contribution in [0.5, 0.6) is 0 Å². The molecule has 2 aromatic carbocycles. The first-order chi connectivity index (χ1) is 12.7. The fraction of sp³-hybridized carbons (Fsp3) is 0.409. The van der Waals surface area contributed by atoms with E-state index >= 15 is 0 Å². The number of piperidine rings is 1. The second kappa shape index (κ2) is 12.7. The zero-order valence-electron chi connectivity index (χ0n) is 16.2. The minimum Gasteiger partial charge on any atom is -0.399 e. The average Bonchev–Trinajstić information content (AvgIpc) is 2.66. The predicted octanol–water partition coefficient (Wildman–Crippen LogP) is 4.22. The number of carbonyl (C=O) groups excluding carboxylic acids is 1. The van der Waals surface area contributed by atoms with Gasteiger partial charge in [0.15, 0.2) is 0 Å². The van der Waals surface area contributed by atoms with E-state index in [2.05, 4.69) is 40.5 Å². The molecule has 3 rings (SSSR count). The van der Waals surface area contributed by atoms with Gasteiger partial charge >= 0.3 is 0 Å². The van der Waals surface area contributed by atoms with Crippen LogP contribution in [-0.2, 0) is 17.8 Å². The number of halogens is 2. The van der Waals surface area contributed by atoms with Crippen LogP contribution in [0, 0.1) is 0 Å². The zero-order chi connectivity index (χ0) is 18.2. The van der Waals surface area contributed by atoms with Gasteiger partial charge in [-0.1, -0.05) is 48.9 Å². The van der Waals surface area contributed by atoms with E-state index in [9.17, 15) is 4.79 Å². The number of benzene rings is 2. The Kier molecular flexibility index (Phi) is 11.0. The van der Waals surface area contributed by atoms with Gasteiger partial charge in [-0.25, -0.2) is 0 Å². The topological polar surface area (TPSA) is 58.4 Å². The van der Waals surface area contributed by atoms with Crippen molar-refractivity contribution in [3.8, 4) is 0 Å². The van der Waals surface area contributed by atoms with Crippen LogP contribution < -0.4 is 11.1 Å². The Morgan fingerprint density at radius 3 is 2.43 bits per heavy atom. The quantitative estimate of drug-likeness (QED) is 0.655. The number of nitrogen functional groups attached to an aromatic ring is 1. The van der Waals surface area contributed by atoms with Crippen LogP contribution in [0.2, 0.25) is 0 Å². The summed E-state index contributed by atoms with van der Waals surface area (Å²) in [6.45, 7) is 2.90. The zero-order valence-corrected chi connectivity index (χ0v) is 17.8. The number of nitrogens with zero attached hydrogens (tertiary/aromatic N) is 1. The molecule has 0 saturated carbocycles. The normalized spacial score (nSPS) is 16.5. The molecule has 154 valence electrons. The van der Waals surface area contributed by atoms with Crippen LogP contribution in [0.3, 0.4) is 0 Å². The molecule has 4 nitrogen and oxygen atoms in total. The Morgan fingerprint density at radius 1 is 1.00 bits per heavy atom. The highest BCUT2D eigenvalue weighted by Crippen LogP contribution is 2.21. The first kappa shape index (κ1) is 24.3. The number of rotatable bonds is 7. The smallest absolute Gasteiger partial charge is 0.224 e. The van der Waals surface area contributed by atoms with Crippen molar-refractivity contribution in [2.45, 2.75) is 44.7 Å². The molecule has 1 saturated heterocycles. The second-order valence-electron chi connectivity index (χ2n) is 7.16. The SMILES string of the molecule is Cl.Cl.Nc1ccc(CC(=O)NCCC2CCCCN2Cc2ccccc2)cc1. The Labute approximate surface area is 180 Å². The molecule has 1 atom stereocenters. The lowest BCUT2D eigenvalue weighted by atomic mass is 9.98. The first-order valence-corrected chi connectivity index (χ1v) is 9.60. The highest BCUT2D eigenvalue weighted by atomic mass is 35.5. The molecule has 0 spiro atoms. The number of hydrogen-bond donors (Lipinski definition) is 2. The molecule has 0 aliphatic carbocycles. The molecule has 0 bridgehead atoms. The van der Waals surface area contributed by atoms with Crippen molar-refractivity contribution in [2.24, 2.45) is 0 Å². The molecule has 1 aliphatic rings. The largest absolute Gasteiger partial charge is 0.399 e. The fourth-order valence-electron chi connectivity index (χ4n) is 3.67. The van der Waals surface area contributed by atoms with Gasteiger partial charge in [0.25, 0.3) is 0 Å². The highest BCUT2D eigenvalue weighted by molar-refractivity contribution is 5.85. The van der Waals surface area contributed by atoms with E-state index in [1.165, 1.54) is 24.8 Å². The standard InChI is InChI=1S/C22H29N3O.2ClH/c23-20-11-9-18(10-12-20)16-22(26)24-14-13-21-8-4-5-15-25(21)17-19-6-2-1-3-7-19;;/h1-3,6-7,9-12,21H,4-5,8,13-17,23H2,(H,24,26);2*1H. The third-order valence-corrected chi connectivity index (χ3v) is 5.12. The summed E-state index contributed by atoms with van der Waals surface area (Å²) in [5.41, 5.74) is 8.78. The van der Waals surface area contributed by atoms with Crippen molar-refractivity contribution in [2.75, 3.05) is 18.8 Å². The molecule has 1 unspecified atom stereocenters. The van der Waals surface area contributed by atoms with Crippen molar-refractivity contribution in [3.63, 3.8) is 0 Å². The van der Waals surface area contributed by atoms with Crippen LogP contribution in [0.25, 0.3) is 0 Å². The van der Waals surface area contributed by atoms with E-state index in [0.29, 0.717) is 12.5 Å². The minimum absolute atomic E-state index is 0. The number of hydrogen-bond acceptors (Lipinski definition) is 3. The number of carbonyl (C=O) groups is 1. The van der Waals surface area contributed by atoms with Crippen molar-refractivity contribution in [1.29, 1.82) is 0 Å². The van der Waals surface area contributed by atoms with E-state index in [1.54, 1.807) is 0 Å². The summed E-state index contributed by atoms with van der Waals surface area (Å²) in [5.74, 6) is 0.0835. The molecule has 1 amide bonds. The predicted molar refractivity (Wildman–Crippen MR) is 121 cm³/mol. The van der Waals surface area contributed by atoms with Crippen molar-refractivity contribution in [3.05, 3.63) is 65.7 Å². The first-order valence-electron chi connectivity index (χ1n) is 9.60. The number of likely N-dealkylation sites (tertiary alicyclic amines) is 1. The molecule has 0 radical (unpaired) electrons. The van der Waals surface area contributed by atoms with Gasteiger partial charge in [0.05, 0.1) is 6.42 Å². The lowest BCUT2D eigenvalue weighted by molar-refractivity contribution is -0.120. The Morgan fingerprint density at radius 2 is 1.71 bits per heavy atom. The second-order valence-corrected chi connectivity index (χ2v) is 7.16. The van der Waals surface area contributed by atoms with Crippen molar-refractivity contribution < 1.29 is 4.79 Å². The third-order valence-electron chi connectivity index (χ3n) is 5.12. The summed E-state index contributed by atoms with van der Waals surface area (Å²) in [5, 5.41) is 3.08. The highest BCUT2D eigenvalue weighted by Gasteiger charge is 2.22. The molecule has 3 N–H and O–H groups in total. The van der Waals surface area contributed by atoms with Crippen LogP contribution >= 0.6 is 24.8 Å². The van der Waals surface area contributed by atoms with E-state index < -0.39 is 0 Å². The van der Waals surface area contributed by atoms with E-state index in [-0.39, 0.29) is 30.7 Å². The van der Waals surface area contributed by atoms with Crippen molar-refractivity contribution in [1.82, 2.24) is 10.2 Å². The molecule has 1 fully saturated rings. The molecule has 2 aromatic rings. The number of nitrogens with two attached hydrogens (primary N) is 1. The van der Waals surface area contributed by atoms with Gasteiger partial charge in [-0.2, -0.15) is 0 Å². The fourth-order valence-corrected chi connectivity index (χ4v) is 3.67. The number of amides is 1. The number of nitrogens with one attached hydrogen (secondary N) is 1. The molecule has 28 heavy (non-hydrogen) atoms. The van der Waals surface area contributed by atoms with E-state index in [4.69, 9.17) is 5.73 Å². The number of anilines is 1. The van der Waals surface area contributed by atoms with E-state index in [0.717, 1.165) is 37.3 Å². The monoisotopic (exact) mass is 423 g/mol. The van der Waals surface area contributed by atoms with Gasteiger partial charge in [-0.15, -0.1) is 24.8 Å². The summed E-state index contributed by atoms with van der Waals surface area (Å²) in [4.78, 5) is 14.7. The summed E-state index contributed by atoms with van der Waals surface area (Å²) < 4.78 is 0. The summed E-state index contributed by atoms with van der Waals surface area (Å²) >= 11 is 0. The van der Waals surface area contributed by atoms with Crippen LogP contribution in [-0.4, -0.2) is 29.9 Å². The van der Waals surface area contributed by atoms with Gasteiger partial charge in [0.2, 0.25) is 5.91 Å². The Balaban J connectivity index is 0.00000196. The van der Waals surface area contributed by atoms with Gasteiger partial charge in [-0.3, -0.25) is 9.69 Å². The molecule has 1 aliphatic heterocycles. The molecule has 1 heterocycles. The maximum absolute atomic E-state index is 12.2. The van der Waals surface area contributed by atoms with Gasteiger partial charge in [-0.05, 0) is 49.1 Å². The maximum atomic E-state index is 12.2. The molecule has 0 aromatic heterocycles. The molecule has 6 heteroatoms. The van der Waals surface area contributed by atoms with Crippen LogP contribution in [0.1, 0.15) is 36.8 Å². The average molecular weight is 424 g/mol. The summed E-state index contributed by atoms with van der Waals surface area (Å²) in [6, 6.07) is 18.7. The van der Waals surface area contributed by atoms with Crippen molar-refractivity contribution >= 4 is 36.4 Å². The van der Waals surface area contributed by atoms with Crippen LogP contribution in [0.4, 0.5) is 5.69 Å². The third kappa shape index (κ3) is 7.70. The lowest BCUT2D eigenvalue weighted by Gasteiger charge is -2.36. The van der Waals surface area contributed by atoms with Gasteiger partial charge < -0.3 is 11.1 Å². The van der Waals surface area contributed by atoms with Gasteiger partial charge in [0, 0.05) is 24.8 Å². The minimum atomic E-state index is 0. The van der Waals surface area contributed by atoms with Crippen LogP contribution in [0.15, 0.2) is 54.6 Å². The van der Waals surface area contributed by atoms with Gasteiger partial charge in [0.1, 0.15) is 0 Å². The maximum Gasteiger partial charge on any atom is 0.224 e. The summed E-state index contributed by atoms with van der Waals surface area (Å²) in [6.07, 6.45) is 5.21. The summed E-state index contributed by atoms with van der Waals surface area (Å²) in [7, 11) is 0. The Bertz CT molecular complexity index is 695. The lowest BCUT2D eigenvalue weighted by Crippen LogP contribution is -2.41. The molecular formula is C22H31Cl2N3O. The Hall–Kier alpha value is -1.75. The molecular weight excluding hydrogens is 393 g/mol.